The zero-order valence-corrected chi connectivity index (χ0v) is 15.3. The standard InChI is InChI=1S/C18H23N5O4/c1-2-27-15-9-13(20-21-15)16(24)23-8-5-18(11-23)3-6-22(7-4-18)17(25)14-10-26-12-19-14/h9-10,12H,2-8,11H2,1H3,(H,20,21). The van der Waals surface area contributed by atoms with Crippen LogP contribution in [0.1, 0.15) is 47.2 Å². The topological polar surface area (TPSA) is 105 Å². The first-order chi connectivity index (χ1) is 13.1. The molecule has 1 spiro atoms. The predicted octanol–water partition coefficient (Wildman–Crippen LogP) is 1.56. The highest BCUT2D eigenvalue weighted by molar-refractivity contribution is 5.93. The second-order valence-electron chi connectivity index (χ2n) is 7.20. The summed E-state index contributed by atoms with van der Waals surface area (Å²) in [7, 11) is 0. The molecule has 0 aromatic carbocycles. The van der Waals surface area contributed by atoms with Gasteiger partial charge in [-0.2, -0.15) is 0 Å². The number of carbonyl (C=O) groups excluding carboxylic acids is 2. The van der Waals surface area contributed by atoms with Gasteiger partial charge in [0.25, 0.3) is 11.8 Å². The highest BCUT2D eigenvalue weighted by Gasteiger charge is 2.43. The average molecular weight is 373 g/mol. The summed E-state index contributed by atoms with van der Waals surface area (Å²) in [5, 5.41) is 6.76. The second kappa shape index (κ2) is 7.05. The fraction of sp³-hybridized carbons (Fsp3) is 0.556. The number of amides is 2. The first-order valence-corrected chi connectivity index (χ1v) is 9.25. The van der Waals surface area contributed by atoms with Crippen molar-refractivity contribution in [2.45, 2.75) is 26.2 Å². The third-order valence-electron chi connectivity index (χ3n) is 5.57. The van der Waals surface area contributed by atoms with Crippen LogP contribution in [-0.4, -0.2) is 69.6 Å². The summed E-state index contributed by atoms with van der Waals surface area (Å²) in [6.07, 6.45) is 5.37. The van der Waals surface area contributed by atoms with Crippen molar-refractivity contribution in [3.63, 3.8) is 0 Å². The van der Waals surface area contributed by atoms with Crippen LogP contribution in [0.25, 0.3) is 0 Å². The monoisotopic (exact) mass is 373 g/mol. The van der Waals surface area contributed by atoms with E-state index in [4.69, 9.17) is 9.15 Å². The summed E-state index contributed by atoms with van der Waals surface area (Å²) < 4.78 is 10.2. The molecule has 4 heterocycles. The molecule has 2 aliphatic rings. The Morgan fingerprint density at radius 3 is 2.63 bits per heavy atom. The molecule has 0 saturated carbocycles. The van der Waals surface area contributed by atoms with Crippen molar-refractivity contribution in [3.05, 3.63) is 30.1 Å². The number of hydrogen-bond acceptors (Lipinski definition) is 6. The van der Waals surface area contributed by atoms with E-state index in [1.165, 1.54) is 12.7 Å². The Labute approximate surface area is 156 Å². The zero-order chi connectivity index (χ0) is 18.9. The summed E-state index contributed by atoms with van der Waals surface area (Å²) in [5.41, 5.74) is 0.881. The van der Waals surface area contributed by atoms with Crippen LogP contribution in [0.4, 0.5) is 0 Å². The summed E-state index contributed by atoms with van der Waals surface area (Å²) in [5.74, 6) is 0.298. The molecule has 0 bridgehead atoms. The molecule has 9 heteroatoms. The van der Waals surface area contributed by atoms with Gasteiger partial charge in [-0.15, -0.1) is 5.10 Å². The highest BCUT2D eigenvalue weighted by atomic mass is 16.5. The van der Waals surface area contributed by atoms with Gasteiger partial charge in [-0.05, 0) is 31.6 Å². The normalized spacial score (nSPS) is 18.9. The van der Waals surface area contributed by atoms with Gasteiger partial charge in [0.1, 0.15) is 12.0 Å². The molecular weight excluding hydrogens is 350 g/mol. The van der Waals surface area contributed by atoms with E-state index in [0.717, 1.165) is 25.8 Å². The number of nitrogens with zero attached hydrogens (tertiary/aromatic N) is 4. The fourth-order valence-electron chi connectivity index (χ4n) is 3.99. The number of carbonyl (C=O) groups is 2. The number of aromatic amines is 1. The Kier molecular flexibility index (Phi) is 4.59. The largest absolute Gasteiger partial charge is 0.477 e. The molecule has 2 aromatic rings. The van der Waals surface area contributed by atoms with E-state index in [1.807, 2.05) is 16.7 Å². The number of piperidine rings is 1. The van der Waals surface area contributed by atoms with Crippen LogP contribution < -0.4 is 4.74 Å². The molecule has 2 aromatic heterocycles. The number of nitrogens with one attached hydrogen (secondary N) is 1. The molecule has 2 fully saturated rings. The third-order valence-corrected chi connectivity index (χ3v) is 5.57. The van der Waals surface area contributed by atoms with Crippen molar-refractivity contribution in [1.82, 2.24) is 25.0 Å². The number of H-pyrrole nitrogens is 1. The van der Waals surface area contributed by atoms with E-state index < -0.39 is 0 Å². The molecule has 144 valence electrons. The molecule has 0 radical (unpaired) electrons. The van der Waals surface area contributed by atoms with Crippen LogP contribution in [0, 0.1) is 5.41 Å². The van der Waals surface area contributed by atoms with E-state index in [2.05, 4.69) is 15.2 Å². The second-order valence-corrected chi connectivity index (χ2v) is 7.20. The molecular formula is C18H23N5O4. The van der Waals surface area contributed by atoms with Crippen molar-refractivity contribution in [2.24, 2.45) is 5.41 Å². The van der Waals surface area contributed by atoms with Gasteiger partial charge < -0.3 is 19.0 Å². The molecule has 0 aliphatic carbocycles. The minimum atomic E-state index is -0.0922. The number of rotatable bonds is 4. The lowest BCUT2D eigenvalue weighted by Crippen LogP contribution is -2.44. The molecule has 4 rings (SSSR count). The molecule has 2 saturated heterocycles. The fourth-order valence-corrected chi connectivity index (χ4v) is 3.99. The SMILES string of the molecule is CCOc1cc(C(=O)N2CCC3(CCN(C(=O)c4cocn4)CC3)C2)[nH]n1. The van der Waals surface area contributed by atoms with Crippen LogP contribution >= 0.6 is 0 Å². The molecule has 2 aliphatic heterocycles. The van der Waals surface area contributed by atoms with Crippen LogP contribution in [0.3, 0.4) is 0 Å². The Hall–Kier alpha value is -2.84. The molecule has 9 nitrogen and oxygen atoms in total. The van der Waals surface area contributed by atoms with Crippen molar-refractivity contribution < 1.29 is 18.7 Å². The third kappa shape index (κ3) is 3.41. The summed E-state index contributed by atoms with van der Waals surface area (Å²) in [4.78, 5) is 32.8. The van der Waals surface area contributed by atoms with E-state index >= 15 is 0 Å². The minimum absolute atomic E-state index is 0.0496. The van der Waals surface area contributed by atoms with Crippen LogP contribution in [0.5, 0.6) is 5.88 Å². The maximum absolute atomic E-state index is 12.7. The first-order valence-electron chi connectivity index (χ1n) is 9.25. The van der Waals surface area contributed by atoms with Crippen molar-refractivity contribution in [3.8, 4) is 5.88 Å². The number of hydrogen-bond donors (Lipinski definition) is 1. The van der Waals surface area contributed by atoms with Gasteiger partial charge >= 0.3 is 0 Å². The van der Waals surface area contributed by atoms with Gasteiger partial charge in [0.15, 0.2) is 12.1 Å². The van der Waals surface area contributed by atoms with E-state index in [-0.39, 0.29) is 17.2 Å². The number of likely N-dealkylation sites (tertiary alicyclic amines) is 2. The Morgan fingerprint density at radius 2 is 1.96 bits per heavy atom. The van der Waals surface area contributed by atoms with E-state index in [1.54, 1.807) is 6.07 Å². The summed E-state index contributed by atoms with van der Waals surface area (Å²) in [6.45, 7) is 5.16. The maximum atomic E-state index is 12.7. The number of ether oxygens (including phenoxy) is 1. The summed E-state index contributed by atoms with van der Waals surface area (Å²) >= 11 is 0. The Morgan fingerprint density at radius 1 is 1.22 bits per heavy atom. The zero-order valence-electron chi connectivity index (χ0n) is 15.3. The van der Waals surface area contributed by atoms with Gasteiger partial charge in [0.05, 0.1) is 6.61 Å². The van der Waals surface area contributed by atoms with Crippen molar-refractivity contribution in [1.29, 1.82) is 0 Å². The molecule has 27 heavy (non-hydrogen) atoms. The van der Waals surface area contributed by atoms with Gasteiger partial charge in [0.2, 0.25) is 5.88 Å². The van der Waals surface area contributed by atoms with Gasteiger partial charge in [0, 0.05) is 32.2 Å². The minimum Gasteiger partial charge on any atom is -0.477 e. The maximum Gasteiger partial charge on any atom is 0.275 e. The molecule has 1 N–H and O–H groups in total. The van der Waals surface area contributed by atoms with Crippen molar-refractivity contribution in [2.75, 3.05) is 32.8 Å². The van der Waals surface area contributed by atoms with Crippen LogP contribution in [0.2, 0.25) is 0 Å². The molecule has 0 atom stereocenters. The highest BCUT2D eigenvalue weighted by Crippen LogP contribution is 2.41. The van der Waals surface area contributed by atoms with Gasteiger partial charge in [-0.3, -0.25) is 14.7 Å². The van der Waals surface area contributed by atoms with Gasteiger partial charge in [-0.25, -0.2) is 4.98 Å². The lowest BCUT2D eigenvalue weighted by Gasteiger charge is -2.38. The van der Waals surface area contributed by atoms with Crippen LogP contribution in [0.15, 0.2) is 23.1 Å². The lowest BCUT2D eigenvalue weighted by molar-refractivity contribution is 0.0560. The molecule has 0 unspecified atom stereocenters. The first kappa shape index (κ1) is 17.6. The summed E-state index contributed by atoms with van der Waals surface area (Å²) in [6, 6.07) is 1.65. The predicted molar refractivity (Wildman–Crippen MR) is 94.4 cm³/mol. The molecule has 2 amide bonds. The number of oxazole rings is 1. The number of aromatic nitrogens is 3. The average Bonchev–Trinajstić information content (AvgIpc) is 3.43. The van der Waals surface area contributed by atoms with Gasteiger partial charge in [-0.1, -0.05) is 0 Å². The van der Waals surface area contributed by atoms with Crippen molar-refractivity contribution >= 4 is 11.8 Å². The van der Waals surface area contributed by atoms with Crippen LogP contribution in [-0.2, 0) is 0 Å². The smallest absolute Gasteiger partial charge is 0.275 e. The van der Waals surface area contributed by atoms with E-state index in [9.17, 15) is 9.59 Å². The Balaban J connectivity index is 1.35. The quantitative estimate of drug-likeness (QED) is 0.872. The lowest BCUT2D eigenvalue weighted by atomic mass is 9.77. The van der Waals surface area contributed by atoms with E-state index in [0.29, 0.717) is 43.5 Å². The Bertz CT molecular complexity index is 808.